The molecule has 27 heavy (non-hydrogen) atoms. The van der Waals surface area contributed by atoms with Crippen molar-refractivity contribution in [3.8, 4) is 5.82 Å². The van der Waals surface area contributed by atoms with E-state index in [-0.39, 0.29) is 24.1 Å². The molecule has 0 bridgehead atoms. The van der Waals surface area contributed by atoms with Gasteiger partial charge in [-0.25, -0.2) is 4.39 Å². The second-order valence-corrected chi connectivity index (χ2v) is 6.44. The first-order valence-electron chi connectivity index (χ1n) is 8.42. The number of fused-ring (bicyclic) bond motifs is 2. The monoisotopic (exact) mass is 363 g/mol. The summed E-state index contributed by atoms with van der Waals surface area (Å²) in [6.07, 6.45) is 1.78. The minimum Gasteiger partial charge on any atom is -0.310 e. The standard InChI is InChI=1S/C18H14FN7O/c1-10-17-13(11-2-4-12(19)5-3-11)8-16(27)21-18(17)26(23-10)15-7-6-14-22-20-9-25(14)24-15/h2-7,9,13H,8H2,1H3,(H,21,27). The predicted molar refractivity (Wildman–Crippen MR) is 94.1 cm³/mol. The van der Waals surface area contributed by atoms with E-state index in [4.69, 9.17) is 0 Å². The Balaban J connectivity index is 1.67. The summed E-state index contributed by atoms with van der Waals surface area (Å²) in [6.45, 7) is 1.89. The van der Waals surface area contributed by atoms with Crippen LogP contribution >= 0.6 is 0 Å². The zero-order chi connectivity index (χ0) is 18.5. The lowest BCUT2D eigenvalue weighted by Crippen LogP contribution is -2.25. The quantitative estimate of drug-likeness (QED) is 0.590. The van der Waals surface area contributed by atoms with Crippen LogP contribution in [0.1, 0.15) is 29.2 Å². The molecular weight excluding hydrogens is 349 g/mol. The number of nitrogens with zero attached hydrogens (tertiary/aromatic N) is 6. The zero-order valence-electron chi connectivity index (χ0n) is 14.3. The van der Waals surface area contributed by atoms with Gasteiger partial charge in [-0.2, -0.15) is 14.3 Å². The van der Waals surface area contributed by atoms with E-state index in [0.717, 1.165) is 16.8 Å². The molecule has 3 aromatic heterocycles. The Morgan fingerprint density at radius 3 is 2.78 bits per heavy atom. The summed E-state index contributed by atoms with van der Waals surface area (Å²) < 4.78 is 16.5. The Morgan fingerprint density at radius 2 is 1.96 bits per heavy atom. The minimum atomic E-state index is -0.307. The van der Waals surface area contributed by atoms with E-state index in [0.29, 0.717) is 17.3 Å². The molecular formula is C18H14FN7O. The Morgan fingerprint density at radius 1 is 1.15 bits per heavy atom. The number of nitrogens with one attached hydrogen (secondary N) is 1. The summed E-state index contributed by atoms with van der Waals surface area (Å²) in [5, 5.41) is 19.7. The SMILES string of the molecule is Cc1nn(-c2ccc3nncn3n2)c2c1C(c1ccc(F)cc1)CC(=O)N2. The Hall–Kier alpha value is -3.62. The fourth-order valence-corrected chi connectivity index (χ4v) is 3.52. The largest absolute Gasteiger partial charge is 0.310 e. The normalized spacial score (nSPS) is 16.4. The van der Waals surface area contributed by atoms with Gasteiger partial charge in [0.05, 0.1) is 5.69 Å². The zero-order valence-corrected chi connectivity index (χ0v) is 14.3. The topological polar surface area (TPSA) is 90.0 Å². The summed E-state index contributed by atoms with van der Waals surface area (Å²) in [7, 11) is 0. The van der Waals surface area contributed by atoms with Gasteiger partial charge in [0.15, 0.2) is 11.5 Å². The van der Waals surface area contributed by atoms with Gasteiger partial charge in [-0.3, -0.25) is 4.79 Å². The molecule has 5 rings (SSSR count). The number of carbonyl (C=O) groups is 1. The van der Waals surface area contributed by atoms with E-state index in [9.17, 15) is 9.18 Å². The first kappa shape index (κ1) is 15.6. The molecule has 1 aliphatic rings. The number of hydrogen-bond acceptors (Lipinski definition) is 5. The Bertz CT molecular complexity index is 1180. The van der Waals surface area contributed by atoms with Crippen LogP contribution in [0.25, 0.3) is 11.5 Å². The summed E-state index contributed by atoms with van der Waals surface area (Å²) in [5.41, 5.74) is 3.18. The molecule has 1 amide bonds. The maximum Gasteiger partial charge on any atom is 0.226 e. The molecule has 1 aliphatic heterocycles. The van der Waals surface area contributed by atoms with Crippen LogP contribution < -0.4 is 5.32 Å². The number of benzene rings is 1. The van der Waals surface area contributed by atoms with Gasteiger partial charge in [-0.1, -0.05) is 12.1 Å². The van der Waals surface area contributed by atoms with Crippen LogP contribution in [-0.4, -0.2) is 35.5 Å². The lowest BCUT2D eigenvalue weighted by atomic mass is 9.86. The number of carbonyl (C=O) groups excluding carboxylic acids is 1. The smallest absolute Gasteiger partial charge is 0.226 e. The number of rotatable bonds is 2. The fraction of sp³-hybridized carbons (Fsp3) is 0.167. The Labute approximate surface area is 152 Å². The van der Waals surface area contributed by atoms with E-state index in [1.807, 2.05) is 6.92 Å². The maximum atomic E-state index is 13.3. The van der Waals surface area contributed by atoms with Crippen molar-refractivity contribution in [2.75, 3.05) is 5.32 Å². The van der Waals surface area contributed by atoms with Crippen molar-refractivity contribution in [2.24, 2.45) is 0 Å². The molecule has 4 aromatic rings. The van der Waals surface area contributed by atoms with E-state index >= 15 is 0 Å². The van der Waals surface area contributed by atoms with Crippen molar-refractivity contribution >= 4 is 17.4 Å². The number of anilines is 1. The van der Waals surface area contributed by atoms with Gasteiger partial charge >= 0.3 is 0 Å². The van der Waals surface area contributed by atoms with Gasteiger partial charge in [-0.05, 0) is 36.8 Å². The first-order valence-corrected chi connectivity index (χ1v) is 8.42. The molecule has 0 aliphatic carbocycles. The summed E-state index contributed by atoms with van der Waals surface area (Å²) >= 11 is 0. The van der Waals surface area contributed by atoms with Crippen LogP contribution in [0.4, 0.5) is 10.2 Å². The summed E-state index contributed by atoms with van der Waals surface area (Å²) in [4.78, 5) is 12.4. The van der Waals surface area contributed by atoms with Gasteiger partial charge < -0.3 is 5.32 Å². The van der Waals surface area contributed by atoms with Crippen LogP contribution in [0.2, 0.25) is 0 Å². The van der Waals surface area contributed by atoms with Crippen molar-refractivity contribution in [1.82, 2.24) is 29.6 Å². The van der Waals surface area contributed by atoms with Gasteiger partial charge in [0.1, 0.15) is 18.0 Å². The average Bonchev–Trinajstić information content (AvgIpc) is 3.25. The van der Waals surface area contributed by atoms with Gasteiger partial charge in [-0.15, -0.1) is 15.3 Å². The highest BCUT2D eigenvalue weighted by Gasteiger charge is 2.33. The molecule has 1 atom stereocenters. The number of halogens is 1. The number of aromatic nitrogens is 6. The van der Waals surface area contributed by atoms with Crippen LogP contribution in [0, 0.1) is 12.7 Å². The summed E-state index contributed by atoms with van der Waals surface area (Å²) in [6, 6.07) is 9.78. The molecule has 1 unspecified atom stereocenters. The third-order valence-corrected chi connectivity index (χ3v) is 4.74. The Kier molecular flexibility index (Phi) is 3.30. The summed E-state index contributed by atoms with van der Waals surface area (Å²) in [5.74, 6) is 0.493. The molecule has 8 nitrogen and oxygen atoms in total. The maximum absolute atomic E-state index is 13.3. The van der Waals surface area contributed by atoms with Gasteiger partial charge in [0, 0.05) is 17.9 Å². The third-order valence-electron chi connectivity index (χ3n) is 4.74. The van der Waals surface area contributed by atoms with Gasteiger partial charge in [0.2, 0.25) is 5.91 Å². The van der Waals surface area contributed by atoms with Crippen molar-refractivity contribution in [3.63, 3.8) is 0 Å². The van der Waals surface area contributed by atoms with Crippen LogP contribution in [0.15, 0.2) is 42.7 Å². The van der Waals surface area contributed by atoms with E-state index in [2.05, 4.69) is 25.7 Å². The molecule has 134 valence electrons. The molecule has 9 heteroatoms. The van der Waals surface area contributed by atoms with Crippen molar-refractivity contribution in [3.05, 3.63) is 65.4 Å². The van der Waals surface area contributed by atoms with Crippen LogP contribution in [0.3, 0.4) is 0 Å². The first-order chi connectivity index (χ1) is 13.1. The fourth-order valence-electron chi connectivity index (χ4n) is 3.52. The van der Waals surface area contributed by atoms with Crippen molar-refractivity contribution in [1.29, 1.82) is 0 Å². The van der Waals surface area contributed by atoms with Crippen LogP contribution in [0.5, 0.6) is 0 Å². The lowest BCUT2D eigenvalue weighted by Gasteiger charge is -2.24. The van der Waals surface area contributed by atoms with Crippen molar-refractivity contribution < 1.29 is 9.18 Å². The molecule has 1 N–H and O–H groups in total. The number of aryl methyl sites for hydroxylation is 1. The predicted octanol–water partition coefficient (Wildman–Crippen LogP) is 2.23. The van der Waals surface area contributed by atoms with Crippen molar-refractivity contribution in [2.45, 2.75) is 19.3 Å². The molecule has 0 saturated carbocycles. The third kappa shape index (κ3) is 2.47. The minimum absolute atomic E-state index is 0.122. The number of amides is 1. The average molecular weight is 363 g/mol. The van der Waals surface area contributed by atoms with Crippen LogP contribution in [-0.2, 0) is 4.79 Å². The molecule has 0 radical (unpaired) electrons. The molecule has 0 spiro atoms. The second-order valence-electron chi connectivity index (χ2n) is 6.44. The second kappa shape index (κ2) is 5.70. The highest BCUT2D eigenvalue weighted by Crippen LogP contribution is 2.39. The lowest BCUT2D eigenvalue weighted by molar-refractivity contribution is -0.116. The molecule has 4 heterocycles. The molecule has 0 saturated heterocycles. The van der Waals surface area contributed by atoms with E-state index in [1.165, 1.54) is 18.5 Å². The van der Waals surface area contributed by atoms with Gasteiger partial charge in [0.25, 0.3) is 0 Å². The molecule has 0 fully saturated rings. The van der Waals surface area contributed by atoms with E-state index in [1.54, 1.807) is 33.5 Å². The molecule has 1 aromatic carbocycles. The number of hydrogen-bond donors (Lipinski definition) is 1. The highest BCUT2D eigenvalue weighted by molar-refractivity contribution is 5.95. The highest BCUT2D eigenvalue weighted by atomic mass is 19.1. The van der Waals surface area contributed by atoms with E-state index < -0.39 is 0 Å².